The Morgan fingerprint density at radius 2 is 1.90 bits per heavy atom. The van der Waals surface area contributed by atoms with Gasteiger partial charge in [-0.25, -0.2) is 4.39 Å². The second kappa shape index (κ2) is 8.95. The number of carbonyl (C=O) groups excluding carboxylic acids is 1. The van der Waals surface area contributed by atoms with E-state index in [4.69, 9.17) is 16.4 Å². The van der Waals surface area contributed by atoms with E-state index in [1.54, 1.807) is 17.0 Å². The quantitative estimate of drug-likeness (QED) is 0.629. The number of halogens is 2. The van der Waals surface area contributed by atoms with E-state index in [2.05, 4.69) is 5.16 Å². The molecule has 154 valence electrons. The summed E-state index contributed by atoms with van der Waals surface area (Å²) >= 11 is 6.32. The van der Waals surface area contributed by atoms with Crippen LogP contribution in [0.4, 0.5) is 4.39 Å². The Kier molecular flexibility index (Phi) is 6.58. The van der Waals surface area contributed by atoms with Crippen LogP contribution >= 0.6 is 11.6 Å². The first-order valence-electron chi connectivity index (χ1n) is 9.71. The molecule has 0 saturated carbocycles. The van der Waals surface area contributed by atoms with E-state index < -0.39 is 0 Å². The lowest BCUT2D eigenvalue weighted by molar-refractivity contribution is -0.135. The number of carbonyl (C=O) groups is 1. The van der Waals surface area contributed by atoms with Crippen LogP contribution in [0.2, 0.25) is 5.02 Å². The Labute approximate surface area is 176 Å². The smallest absolute Gasteiger partial charge is 0.223 e. The highest BCUT2D eigenvalue weighted by Gasteiger charge is 2.29. The first-order chi connectivity index (χ1) is 13.7. The van der Waals surface area contributed by atoms with Gasteiger partial charge in [-0.1, -0.05) is 67.9 Å². The molecular formula is C23H26ClFN2O2. The summed E-state index contributed by atoms with van der Waals surface area (Å²) in [5.41, 5.74) is 2.36. The average Bonchev–Trinajstić information content (AvgIpc) is 3.10. The lowest BCUT2D eigenvalue weighted by atomic mass is 9.91. The third-order valence-corrected chi connectivity index (χ3v) is 5.06. The molecule has 1 atom stereocenters. The van der Waals surface area contributed by atoms with Crippen molar-refractivity contribution in [1.82, 2.24) is 4.90 Å². The summed E-state index contributed by atoms with van der Waals surface area (Å²) < 4.78 is 13.2. The first kappa shape index (κ1) is 21.3. The lowest BCUT2D eigenvalue weighted by Gasteiger charge is -2.28. The van der Waals surface area contributed by atoms with Gasteiger partial charge in [0, 0.05) is 24.4 Å². The van der Waals surface area contributed by atoms with Crippen LogP contribution in [0.25, 0.3) is 0 Å². The van der Waals surface area contributed by atoms with Crippen LogP contribution in [-0.2, 0) is 16.2 Å². The molecule has 0 radical (unpaired) electrons. The van der Waals surface area contributed by atoms with Crippen LogP contribution in [0.15, 0.2) is 53.7 Å². The second-order valence-corrected chi connectivity index (χ2v) is 8.99. The van der Waals surface area contributed by atoms with Crippen LogP contribution < -0.4 is 0 Å². The van der Waals surface area contributed by atoms with Crippen molar-refractivity contribution in [2.24, 2.45) is 10.6 Å². The van der Waals surface area contributed by atoms with Crippen LogP contribution in [-0.4, -0.2) is 29.2 Å². The monoisotopic (exact) mass is 416 g/mol. The minimum Gasteiger partial charge on any atom is -0.390 e. The minimum absolute atomic E-state index is 0.0521. The second-order valence-electron chi connectivity index (χ2n) is 8.58. The zero-order valence-corrected chi connectivity index (χ0v) is 17.7. The fourth-order valence-corrected chi connectivity index (χ4v) is 3.43. The van der Waals surface area contributed by atoms with Gasteiger partial charge in [-0.05, 0) is 34.7 Å². The molecule has 1 aliphatic rings. The molecular weight excluding hydrogens is 391 g/mol. The molecule has 0 aliphatic carbocycles. The predicted octanol–water partition coefficient (Wildman–Crippen LogP) is 5.44. The summed E-state index contributed by atoms with van der Waals surface area (Å²) in [6.07, 6.45) is 0.741. The fraction of sp³-hybridized carbons (Fsp3) is 0.391. The molecule has 0 saturated heterocycles. The van der Waals surface area contributed by atoms with Crippen molar-refractivity contribution < 1.29 is 14.0 Å². The molecule has 3 rings (SSSR count). The molecule has 1 aliphatic heterocycles. The normalized spacial score (nSPS) is 16.3. The van der Waals surface area contributed by atoms with Crippen molar-refractivity contribution in [2.75, 3.05) is 6.54 Å². The van der Waals surface area contributed by atoms with E-state index in [0.29, 0.717) is 31.0 Å². The van der Waals surface area contributed by atoms with Gasteiger partial charge in [-0.3, -0.25) is 4.79 Å². The van der Waals surface area contributed by atoms with Crippen molar-refractivity contribution in [2.45, 2.75) is 46.3 Å². The maximum absolute atomic E-state index is 13.2. The number of amides is 1. The molecule has 4 nitrogen and oxygen atoms in total. The molecule has 0 N–H and O–H groups in total. The van der Waals surface area contributed by atoms with Gasteiger partial charge in [0.2, 0.25) is 5.91 Å². The molecule has 29 heavy (non-hydrogen) atoms. The number of nitrogens with zero attached hydrogens (tertiary/aromatic N) is 2. The van der Waals surface area contributed by atoms with Crippen molar-refractivity contribution >= 4 is 23.2 Å². The summed E-state index contributed by atoms with van der Waals surface area (Å²) in [7, 11) is 0. The summed E-state index contributed by atoms with van der Waals surface area (Å²) in [6, 6.07) is 13.7. The van der Waals surface area contributed by atoms with Crippen LogP contribution in [0.5, 0.6) is 0 Å². The summed E-state index contributed by atoms with van der Waals surface area (Å²) in [5.74, 6) is -0.236. The van der Waals surface area contributed by atoms with Crippen molar-refractivity contribution in [1.29, 1.82) is 0 Å². The molecule has 1 heterocycles. The zero-order valence-electron chi connectivity index (χ0n) is 17.0. The van der Waals surface area contributed by atoms with E-state index >= 15 is 0 Å². The number of hydrogen-bond donors (Lipinski definition) is 0. The SMILES string of the molecule is CC(C)(C)CC(=O)N(Cc1ccccc1Cl)CC1CC(c2ccc(F)cc2)=NO1. The maximum Gasteiger partial charge on any atom is 0.223 e. The van der Waals surface area contributed by atoms with Gasteiger partial charge in [0.15, 0.2) is 6.10 Å². The Hall–Kier alpha value is -2.40. The van der Waals surface area contributed by atoms with Crippen molar-refractivity contribution in [3.8, 4) is 0 Å². The molecule has 1 unspecified atom stereocenters. The Balaban J connectivity index is 1.71. The van der Waals surface area contributed by atoms with E-state index in [1.807, 2.05) is 45.0 Å². The standard InChI is InChI=1S/C23H26ClFN2O2/c1-23(2,3)13-22(28)27(14-17-6-4-5-7-20(17)24)15-19-12-21(26-29-19)16-8-10-18(25)11-9-16/h4-11,19H,12-15H2,1-3H3. The zero-order chi connectivity index (χ0) is 21.0. The minimum atomic E-state index is -0.288. The Morgan fingerprint density at radius 1 is 1.21 bits per heavy atom. The lowest BCUT2D eigenvalue weighted by Crippen LogP contribution is -2.38. The highest BCUT2D eigenvalue weighted by molar-refractivity contribution is 6.31. The van der Waals surface area contributed by atoms with Gasteiger partial charge < -0.3 is 9.74 Å². The van der Waals surface area contributed by atoms with E-state index in [1.165, 1.54) is 12.1 Å². The van der Waals surface area contributed by atoms with Crippen molar-refractivity contribution in [3.05, 3.63) is 70.5 Å². The topological polar surface area (TPSA) is 41.9 Å². The number of rotatable bonds is 6. The molecule has 2 aromatic rings. The average molecular weight is 417 g/mol. The third kappa shape index (κ3) is 6.04. The molecule has 0 aromatic heterocycles. The van der Waals surface area contributed by atoms with E-state index in [0.717, 1.165) is 16.8 Å². The van der Waals surface area contributed by atoms with Crippen LogP contribution in [0.1, 0.15) is 44.7 Å². The van der Waals surface area contributed by atoms with Gasteiger partial charge >= 0.3 is 0 Å². The molecule has 2 aromatic carbocycles. The van der Waals surface area contributed by atoms with Gasteiger partial charge in [-0.2, -0.15) is 0 Å². The largest absolute Gasteiger partial charge is 0.390 e. The number of oxime groups is 1. The predicted molar refractivity (Wildman–Crippen MR) is 113 cm³/mol. The highest BCUT2D eigenvalue weighted by atomic mass is 35.5. The van der Waals surface area contributed by atoms with Crippen molar-refractivity contribution in [3.63, 3.8) is 0 Å². The molecule has 0 bridgehead atoms. The highest BCUT2D eigenvalue weighted by Crippen LogP contribution is 2.25. The number of hydrogen-bond acceptors (Lipinski definition) is 3. The van der Waals surface area contributed by atoms with E-state index in [-0.39, 0.29) is 23.2 Å². The van der Waals surface area contributed by atoms with Gasteiger partial charge in [0.1, 0.15) is 5.82 Å². The Morgan fingerprint density at radius 3 is 2.55 bits per heavy atom. The van der Waals surface area contributed by atoms with Crippen LogP contribution in [0, 0.1) is 11.2 Å². The van der Waals surface area contributed by atoms with Gasteiger partial charge in [0.25, 0.3) is 0 Å². The third-order valence-electron chi connectivity index (χ3n) is 4.69. The summed E-state index contributed by atoms with van der Waals surface area (Å²) in [5, 5.41) is 4.79. The number of benzene rings is 2. The Bertz CT molecular complexity index is 890. The first-order valence-corrected chi connectivity index (χ1v) is 10.1. The molecule has 0 spiro atoms. The maximum atomic E-state index is 13.2. The molecule has 1 amide bonds. The molecule has 6 heteroatoms. The summed E-state index contributed by atoms with van der Waals surface area (Å²) in [6.45, 7) is 6.95. The fourth-order valence-electron chi connectivity index (χ4n) is 3.24. The van der Waals surface area contributed by atoms with E-state index in [9.17, 15) is 9.18 Å². The molecule has 0 fully saturated rings. The summed E-state index contributed by atoms with van der Waals surface area (Å²) in [4.78, 5) is 20.4. The van der Waals surface area contributed by atoms with Gasteiger partial charge in [-0.15, -0.1) is 0 Å². The van der Waals surface area contributed by atoms with Crippen LogP contribution in [0.3, 0.4) is 0 Å². The van der Waals surface area contributed by atoms with Gasteiger partial charge in [0.05, 0.1) is 12.3 Å².